The molecule has 0 aromatic carbocycles. The van der Waals surface area contributed by atoms with Crippen molar-refractivity contribution in [3.63, 3.8) is 0 Å². The van der Waals surface area contributed by atoms with E-state index in [-0.39, 0.29) is 11.9 Å². The molecule has 7 nitrogen and oxygen atoms in total. The van der Waals surface area contributed by atoms with E-state index in [4.69, 9.17) is 4.74 Å². The molecule has 130 valence electrons. The molecule has 1 amide bonds. The lowest BCUT2D eigenvalue weighted by atomic mass is 10.0. The molecule has 1 fully saturated rings. The van der Waals surface area contributed by atoms with Crippen molar-refractivity contribution in [2.75, 3.05) is 20.2 Å². The Morgan fingerprint density at radius 2 is 2.25 bits per heavy atom. The minimum atomic E-state index is 0.0606. The number of amides is 1. The summed E-state index contributed by atoms with van der Waals surface area (Å²) in [5.74, 6) is 0.985. The molecule has 1 aliphatic rings. The van der Waals surface area contributed by atoms with E-state index in [1.165, 1.54) is 0 Å². The SMILES string of the molecule is CCn1cc(C(=O)N2CCCC(n3c(C)cnc3COC)C2)cn1. The molecule has 1 atom stereocenters. The molecule has 0 N–H and O–H groups in total. The first-order valence-corrected chi connectivity index (χ1v) is 8.47. The molecule has 24 heavy (non-hydrogen) atoms. The summed E-state index contributed by atoms with van der Waals surface area (Å²) in [4.78, 5) is 19.1. The Hall–Kier alpha value is -2.15. The van der Waals surface area contributed by atoms with Gasteiger partial charge in [-0.25, -0.2) is 4.98 Å². The van der Waals surface area contributed by atoms with Gasteiger partial charge < -0.3 is 14.2 Å². The van der Waals surface area contributed by atoms with Gasteiger partial charge in [0.05, 0.1) is 17.8 Å². The Labute approximate surface area is 142 Å². The number of aryl methyl sites for hydroxylation is 2. The van der Waals surface area contributed by atoms with Crippen LogP contribution >= 0.6 is 0 Å². The number of carbonyl (C=O) groups is 1. The lowest BCUT2D eigenvalue weighted by Gasteiger charge is -2.34. The Kier molecular flexibility index (Phi) is 4.99. The highest BCUT2D eigenvalue weighted by atomic mass is 16.5. The van der Waals surface area contributed by atoms with Crippen LogP contribution in [-0.2, 0) is 17.9 Å². The molecule has 3 heterocycles. The number of nitrogens with zero attached hydrogens (tertiary/aromatic N) is 5. The summed E-state index contributed by atoms with van der Waals surface area (Å²) in [6.45, 7) is 6.81. The minimum Gasteiger partial charge on any atom is -0.377 e. The van der Waals surface area contributed by atoms with Crippen LogP contribution < -0.4 is 0 Å². The van der Waals surface area contributed by atoms with Gasteiger partial charge in [0.1, 0.15) is 12.4 Å². The maximum atomic E-state index is 12.8. The summed E-state index contributed by atoms with van der Waals surface area (Å²) in [7, 11) is 1.68. The predicted octanol–water partition coefficient (Wildman–Crippen LogP) is 2.03. The number of rotatable bonds is 5. The van der Waals surface area contributed by atoms with Crippen LogP contribution in [0, 0.1) is 6.92 Å². The third-order valence-corrected chi connectivity index (χ3v) is 4.58. The van der Waals surface area contributed by atoms with Crippen LogP contribution in [0.3, 0.4) is 0 Å². The van der Waals surface area contributed by atoms with Crippen LogP contribution in [0.2, 0.25) is 0 Å². The minimum absolute atomic E-state index is 0.0606. The zero-order valence-electron chi connectivity index (χ0n) is 14.6. The average Bonchev–Trinajstić information content (AvgIpc) is 3.21. The average molecular weight is 331 g/mol. The third kappa shape index (κ3) is 3.21. The monoisotopic (exact) mass is 331 g/mol. The zero-order chi connectivity index (χ0) is 17.1. The van der Waals surface area contributed by atoms with E-state index in [2.05, 4.69) is 21.6 Å². The first-order valence-electron chi connectivity index (χ1n) is 8.47. The molecule has 3 rings (SSSR count). The second-order valence-electron chi connectivity index (χ2n) is 6.25. The van der Waals surface area contributed by atoms with Crippen LogP contribution in [0.15, 0.2) is 18.6 Å². The van der Waals surface area contributed by atoms with Gasteiger partial charge in [-0.3, -0.25) is 9.48 Å². The number of ether oxygens (including phenoxy) is 1. The fraction of sp³-hybridized carbons (Fsp3) is 0.588. The predicted molar refractivity (Wildman–Crippen MR) is 89.8 cm³/mol. The van der Waals surface area contributed by atoms with E-state index in [1.54, 1.807) is 18.0 Å². The van der Waals surface area contributed by atoms with Gasteiger partial charge >= 0.3 is 0 Å². The van der Waals surface area contributed by atoms with Gasteiger partial charge in [-0.2, -0.15) is 5.10 Å². The molecule has 2 aromatic heterocycles. The highest BCUT2D eigenvalue weighted by Crippen LogP contribution is 2.26. The summed E-state index contributed by atoms with van der Waals surface area (Å²) in [5.41, 5.74) is 1.78. The fourth-order valence-corrected chi connectivity index (χ4v) is 3.41. The Bertz CT molecular complexity index is 706. The zero-order valence-corrected chi connectivity index (χ0v) is 14.6. The summed E-state index contributed by atoms with van der Waals surface area (Å²) >= 11 is 0. The second-order valence-corrected chi connectivity index (χ2v) is 6.25. The van der Waals surface area contributed by atoms with Gasteiger partial charge in [0.2, 0.25) is 0 Å². The van der Waals surface area contributed by atoms with Crippen LogP contribution in [0.25, 0.3) is 0 Å². The molecule has 1 aliphatic heterocycles. The van der Waals surface area contributed by atoms with Crippen molar-refractivity contribution in [2.45, 2.75) is 45.9 Å². The number of piperidine rings is 1. The van der Waals surface area contributed by atoms with Crippen molar-refractivity contribution in [3.05, 3.63) is 35.7 Å². The van der Waals surface area contributed by atoms with E-state index in [1.807, 2.05) is 24.2 Å². The van der Waals surface area contributed by atoms with Crippen molar-refractivity contribution < 1.29 is 9.53 Å². The maximum Gasteiger partial charge on any atom is 0.257 e. The van der Waals surface area contributed by atoms with Crippen molar-refractivity contribution >= 4 is 5.91 Å². The van der Waals surface area contributed by atoms with Gasteiger partial charge in [0, 0.05) is 44.8 Å². The van der Waals surface area contributed by atoms with E-state index in [0.717, 1.165) is 37.4 Å². The summed E-state index contributed by atoms with van der Waals surface area (Å²) < 4.78 is 9.26. The summed E-state index contributed by atoms with van der Waals surface area (Å²) in [6, 6.07) is 0.247. The van der Waals surface area contributed by atoms with Crippen molar-refractivity contribution in [3.8, 4) is 0 Å². The number of imidazole rings is 1. The van der Waals surface area contributed by atoms with Crippen LogP contribution in [-0.4, -0.2) is 50.3 Å². The molecule has 0 aliphatic carbocycles. The molecule has 7 heteroatoms. The fourth-order valence-electron chi connectivity index (χ4n) is 3.41. The van der Waals surface area contributed by atoms with Crippen LogP contribution in [0.4, 0.5) is 0 Å². The van der Waals surface area contributed by atoms with Crippen molar-refractivity contribution in [2.24, 2.45) is 0 Å². The molecule has 0 spiro atoms. The van der Waals surface area contributed by atoms with Crippen LogP contribution in [0.1, 0.15) is 47.7 Å². The first-order chi connectivity index (χ1) is 11.6. The molecular formula is C17H25N5O2. The molecule has 1 saturated heterocycles. The van der Waals surface area contributed by atoms with E-state index < -0.39 is 0 Å². The van der Waals surface area contributed by atoms with Crippen molar-refractivity contribution in [1.29, 1.82) is 0 Å². The van der Waals surface area contributed by atoms with Gasteiger partial charge in [-0.1, -0.05) is 0 Å². The van der Waals surface area contributed by atoms with Gasteiger partial charge in [-0.15, -0.1) is 0 Å². The van der Waals surface area contributed by atoms with Crippen LogP contribution in [0.5, 0.6) is 0 Å². The smallest absolute Gasteiger partial charge is 0.257 e. The maximum absolute atomic E-state index is 12.8. The lowest BCUT2D eigenvalue weighted by Crippen LogP contribution is -2.41. The topological polar surface area (TPSA) is 65.2 Å². The number of aromatic nitrogens is 4. The molecule has 0 bridgehead atoms. The molecule has 0 radical (unpaired) electrons. The number of carbonyl (C=O) groups excluding carboxylic acids is 1. The van der Waals surface area contributed by atoms with Gasteiger partial charge in [0.15, 0.2) is 0 Å². The standard InChI is InChI=1S/C17H25N5O2/c1-4-21-10-14(9-19-21)17(23)20-7-5-6-15(11-20)22-13(2)8-18-16(22)12-24-3/h8-10,15H,4-7,11-12H2,1-3H3. The molecule has 1 unspecified atom stereocenters. The molecular weight excluding hydrogens is 306 g/mol. The van der Waals surface area contributed by atoms with Gasteiger partial charge in [-0.05, 0) is 26.7 Å². The summed E-state index contributed by atoms with van der Waals surface area (Å²) in [5, 5.41) is 4.21. The number of hydrogen-bond acceptors (Lipinski definition) is 4. The molecule has 0 saturated carbocycles. The highest BCUT2D eigenvalue weighted by Gasteiger charge is 2.28. The number of methoxy groups -OCH3 is 1. The highest BCUT2D eigenvalue weighted by molar-refractivity contribution is 5.93. The third-order valence-electron chi connectivity index (χ3n) is 4.58. The largest absolute Gasteiger partial charge is 0.377 e. The van der Waals surface area contributed by atoms with E-state index in [0.29, 0.717) is 18.7 Å². The Balaban J connectivity index is 1.77. The lowest BCUT2D eigenvalue weighted by molar-refractivity contribution is 0.0672. The Morgan fingerprint density at radius 3 is 2.96 bits per heavy atom. The van der Waals surface area contributed by atoms with E-state index in [9.17, 15) is 4.79 Å². The Morgan fingerprint density at radius 1 is 1.42 bits per heavy atom. The second kappa shape index (κ2) is 7.17. The molecule has 2 aromatic rings. The number of likely N-dealkylation sites (tertiary alicyclic amines) is 1. The first kappa shape index (κ1) is 16.7. The quantitative estimate of drug-likeness (QED) is 0.841. The summed E-state index contributed by atoms with van der Waals surface area (Å²) in [6.07, 6.45) is 7.40. The van der Waals surface area contributed by atoms with E-state index >= 15 is 0 Å². The van der Waals surface area contributed by atoms with Crippen molar-refractivity contribution in [1.82, 2.24) is 24.2 Å². The normalized spacial score (nSPS) is 18.1. The van der Waals surface area contributed by atoms with Gasteiger partial charge in [0.25, 0.3) is 5.91 Å². The number of hydrogen-bond donors (Lipinski definition) is 0.